The van der Waals surface area contributed by atoms with E-state index >= 15 is 0 Å². The summed E-state index contributed by atoms with van der Waals surface area (Å²) in [4.78, 5) is 5.03. The van der Waals surface area contributed by atoms with Gasteiger partial charge in [-0.1, -0.05) is 83.9 Å². The largest absolute Gasteiger partial charge is 0.373 e. The highest BCUT2D eigenvalue weighted by molar-refractivity contribution is 6.31. The summed E-state index contributed by atoms with van der Waals surface area (Å²) in [5.74, 6) is 0. The van der Waals surface area contributed by atoms with Crippen molar-refractivity contribution in [1.29, 1.82) is 0 Å². The van der Waals surface area contributed by atoms with Crippen molar-refractivity contribution >= 4 is 40.3 Å². The molecule has 0 aromatic heterocycles. The van der Waals surface area contributed by atoms with E-state index in [9.17, 15) is 0 Å². The van der Waals surface area contributed by atoms with E-state index in [1.165, 1.54) is 0 Å². The number of hydrogen-bond donors (Lipinski definition) is 1. The molecule has 4 aromatic rings. The van der Waals surface area contributed by atoms with Crippen molar-refractivity contribution in [1.82, 2.24) is 0 Å². The number of hydrogen-bond acceptors (Lipinski definition) is 2. The van der Waals surface area contributed by atoms with Crippen LogP contribution < -0.4 is 5.32 Å². The minimum Gasteiger partial charge on any atom is -0.373 e. The summed E-state index contributed by atoms with van der Waals surface area (Å²) in [7, 11) is 0. The Labute approximate surface area is 186 Å². The fraction of sp³-hybridized carbons (Fsp3) is 0.0385. The Hall–Kier alpha value is -3.07. The first-order valence-electron chi connectivity index (χ1n) is 9.66. The Kier molecular flexibility index (Phi) is 6.48. The van der Waals surface area contributed by atoms with Gasteiger partial charge in [0, 0.05) is 15.7 Å². The first-order valence-corrected chi connectivity index (χ1v) is 10.4. The van der Waals surface area contributed by atoms with Crippen LogP contribution in [0.2, 0.25) is 10.0 Å². The van der Waals surface area contributed by atoms with Gasteiger partial charge in [-0.25, -0.2) is 0 Å². The highest BCUT2D eigenvalue weighted by Crippen LogP contribution is 2.28. The predicted molar refractivity (Wildman–Crippen MR) is 128 cm³/mol. The molecule has 2 nitrogen and oxygen atoms in total. The van der Waals surface area contributed by atoms with Gasteiger partial charge in [0.25, 0.3) is 0 Å². The van der Waals surface area contributed by atoms with Crippen molar-refractivity contribution in [3.8, 4) is 0 Å². The topological polar surface area (TPSA) is 24.4 Å². The van der Waals surface area contributed by atoms with Crippen LogP contribution in [0.3, 0.4) is 0 Å². The van der Waals surface area contributed by atoms with Crippen LogP contribution in [-0.2, 0) is 0 Å². The third-order valence-electron chi connectivity index (χ3n) is 4.71. The van der Waals surface area contributed by atoms with Crippen LogP contribution in [-0.4, -0.2) is 5.71 Å². The lowest BCUT2D eigenvalue weighted by atomic mass is 9.95. The predicted octanol–water partition coefficient (Wildman–Crippen LogP) is 7.97. The molecule has 0 aliphatic carbocycles. The normalized spacial score (nSPS) is 12.4. The molecule has 0 spiro atoms. The zero-order chi connectivity index (χ0) is 20.8. The van der Waals surface area contributed by atoms with Crippen molar-refractivity contribution in [3.05, 3.63) is 130 Å². The average Bonchev–Trinajstić information content (AvgIpc) is 2.79. The molecule has 1 atom stereocenters. The fourth-order valence-electron chi connectivity index (χ4n) is 3.22. The third-order valence-corrected chi connectivity index (χ3v) is 5.21. The number of benzene rings is 4. The maximum atomic E-state index is 6.16. The van der Waals surface area contributed by atoms with E-state index in [0.717, 1.165) is 28.2 Å². The van der Waals surface area contributed by atoms with Crippen LogP contribution in [0.4, 0.5) is 11.4 Å². The first-order chi connectivity index (χ1) is 14.7. The fourth-order valence-corrected chi connectivity index (χ4v) is 3.48. The molecule has 0 bridgehead atoms. The summed E-state index contributed by atoms with van der Waals surface area (Å²) in [6, 6.07) is 35.5. The zero-order valence-corrected chi connectivity index (χ0v) is 17.7. The number of aliphatic imine (C=N–C) groups is 1. The van der Waals surface area contributed by atoms with Crippen LogP contribution in [0.1, 0.15) is 17.2 Å². The number of nitrogens with zero attached hydrogens (tertiary/aromatic N) is 1. The van der Waals surface area contributed by atoms with Crippen molar-refractivity contribution in [3.63, 3.8) is 0 Å². The molecule has 0 saturated heterocycles. The van der Waals surface area contributed by atoms with Crippen molar-refractivity contribution < 1.29 is 0 Å². The first kappa shape index (κ1) is 20.2. The molecule has 4 heteroatoms. The van der Waals surface area contributed by atoms with E-state index in [1.54, 1.807) is 0 Å². The van der Waals surface area contributed by atoms with Gasteiger partial charge in [-0.2, -0.15) is 0 Å². The molecule has 0 heterocycles. The lowest BCUT2D eigenvalue weighted by Gasteiger charge is -2.23. The molecule has 0 saturated carbocycles. The number of halogens is 2. The zero-order valence-electron chi connectivity index (χ0n) is 16.2. The molecule has 0 aliphatic rings. The molecule has 0 amide bonds. The van der Waals surface area contributed by atoms with Gasteiger partial charge in [-0.05, 0) is 59.7 Å². The van der Waals surface area contributed by atoms with Gasteiger partial charge in [-0.15, -0.1) is 0 Å². The molecule has 148 valence electrons. The van der Waals surface area contributed by atoms with E-state index in [1.807, 2.05) is 109 Å². The van der Waals surface area contributed by atoms with Crippen molar-refractivity contribution in [2.24, 2.45) is 4.99 Å². The van der Waals surface area contributed by atoms with Gasteiger partial charge in [0.15, 0.2) is 0 Å². The quantitative estimate of drug-likeness (QED) is 0.308. The Morgan fingerprint density at radius 2 is 1.17 bits per heavy atom. The van der Waals surface area contributed by atoms with Gasteiger partial charge in [0.05, 0.1) is 17.4 Å². The van der Waals surface area contributed by atoms with Crippen LogP contribution >= 0.6 is 23.2 Å². The Morgan fingerprint density at radius 1 is 0.633 bits per heavy atom. The van der Waals surface area contributed by atoms with Gasteiger partial charge >= 0.3 is 0 Å². The molecule has 4 rings (SSSR count). The smallest absolute Gasteiger partial charge is 0.0946 e. The second-order valence-electron chi connectivity index (χ2n) is 6.83. The average molecular weight is 431 g/mol. The highest BCUT2D eigenvalue weighted by atomic mass is 35.5. The molecule has 1 N–H and O–H groups in total. The molecule has 4 aromatic carbocycles. The van der Waals surface area contributed by atoms with Crippen LogP contribution in [0.5, 0.6) is 0 Å². The Bertz CT molecular complexity index is 1110. The minimum absolute atomic E-state index is 0.189. The lowest BCUT2D eigenvalue weighted by Crippen LogP contribution is -2.22. The lowest BCUT2D eigenvalue weighted by molar-refractivity contribution is 1.03. The Morgan fingerprint density at radius 3 is 1.77 bits per heavy atom. The minimum atomic E-state index is -0.189. The van der Waals surface area contributed by atoms with E-state index < -0.39 is 0 Å². The SMILES string of the molecule is Clc1ccc(C(=Nc2ccccc2)[C@H](Nc2ccccc2)c2ccc(Cl)cc2)cc1. The van der Waals surface area contributed by atoms with Crippen molar-refractivity contribution in [2.75, 3.05) is 5.32 Å². The van der Waals surface area contributed by atoms with E-state index in [4.69, 9.17) is 28.2 Å². The number of rotatable bonds is 6. The number of nitrogens with one attached hydrogen (secondary N) is 1. The van der Waals surface area contributed by atoms with Crippen molar-refractivity contribution in [2.45, 2.75) is 6.04 Å². The summed E-state index contributed by atoms with van der Waals surface area (Å²) in [6.45, 7) is 0. The van der Waals surface area contributed by atoms with Gasteiger partial charge in [0.2, 0.25) is 0 Å². The number of para-hydroxylation sites is 2. The number of anilines is 1. The van der Waals surface area contributed by atoms with Gasteiger partial charge in [0.1, 0.15) is 0 Å². The highest BCUT2D eigenvalue weighted by Gasteiger charge is 2.21. The third kappa shape index (κ3) is 5.10. The van der Waals surface area contributed by atoms with Crippen LogP contribution in [0, 0.1) is 0 Å². The monoisotopic (exact) mass is 430 g/mol. The van der Waals surface area contributed by atoms with E-state index in [-0.39, 0.29) is 6.04 Å². The molecule has 0 fully saturated rings. The summed E-state index contributed by atoms with van der Waals surface area (Å²) in [6.07, 6.45) is 0. The summed E-state index contributed by atoms with van der Waals surface area (Å²) in [5.41, 5.74) is 4.84. The maximum absolute atomic E-state index is 6.16. The summed E-state index contributed by atoms with van der Waals surface area (Å²) in [5, 5.41) is 5.03. The molecule has 0 radical (unpaired) electrons. The molecule has 30 heavy (non-hydrogen) atoms. The molecular formula is C26H20Cl2N2. The molecule has 0 unspecified atom stereocenters. The molecule has 0 aliphatic heterocycles. The van der Waals surface area contributed by atoms with Crippen LogP contribution in [0.25, 0.3) is 0 Å². The maximum Gasteiger partial charge on any atom is 0.0946 e. The summed E-state index contributed by atoms with van der Waals surface area (Å²) < 4.78 is 0. The van der Waals surface area contributed by atoms with Gasteiger partial charge in [-0.3, -0.25) is 4.99 Å². The standard InChI is InChI=1S/C26H20Cl2N2/c27-21-15-11-19(12-16-21)25(29-23-7-3-1-4-8-23)26(20-13-17-22(28)18-14-20)30-24-9-5-2-6-10-24/h1-18,25,29H/t25-/m1/s1. The Balaban J connectivity index is 1.86. The second-order valence-corrected chi connectivity index (χ2v) is 7.71. The van der Waals surface area contributed by atoms with Gasteiger partial charge < -0.3 is 5.32 Å². The molecular weight excluding hydrogens is 411 g/mol. The van der Waals surface area contributed by atoms with Crippen LogP contribution in [0.15, 0.2) is 114 Å². The van der Waals surface area contributed by atoms with E-state index in [0.29, 0.717) is 10.0 Å². The summed E-state index contributed by atoms with van der Waals surface area (Å²) >= 11 is 12.3. The second kappa shape index (κ2) is 9.62. The van der Waals surface area contributed by atoms with E-state index in [2.05, 4.69) is 5.32 Å².